The lowest BCUT2D eigenvalue weighted by molar-refractivity contribution is 0.124. The fraction of sp³-hybridized carbons (Fsp3) is 0.125. The van der Waals surface area contributed by atoms with Crippen molar-refractivity contribution in [3.8, 4) is 0 Å². The molecule has 2 amide bonds. The molecule has 0 radical (unpaired) electrons. The number of anilines is 1. The maximum absolute atomic E-state index is 10.4. The van der Waals surface area contributed by atoms with Gasteiger partial charge in [0.2, 0.25) is 0 Å². The van der Waals surface area contributed by atoms with Gasteiger partial charge in [-0.3, -0.25) is 4.84 Å². The maximum atomic E-state index is 10.4. The molecule has 5 N–H and O–H groups in total. The van der Waals surface area contributed by atoms with Crippen LogP contribution in [0.15, 0.2) is 24.3 Å². The number of urea groups is 1. The molecule has 0 aromatic heterocycles. The van der Waals surface area contributed by atoms with E-state index in [0.29, 0.717) is 12.3 Å². The van der Waals surface area contributed by atoms with Gasteiger partial charge in [0.05, 0.1) is 6.61 Å². The minimum absolute atomic E-state index is 0.344. The summed E-state index contributed by atoms with van der Waals surface area (Å²) >= 11 is 0. The summed E-state index contributed by atoms with van der Waals surface area (Å²) in [4.78, 5) is 14.9. The standard InChI is InChI=1S/C8H11N3O2/c9-8(12)11-7-3-1-6(2-4-7)5-13-10/h1-4H,5,10H2,(H3,9,11,12). The topological polar surface area (TPSA) is 90.4 Å². The van der Waals surface area contributed by atoms with Crippen LogP contribution in [0.2, 0.25) is 0 Å². The van der Waals surface area contributed by atoms with Gasteiger partial charge in [-0.15, -0.1) is 0 Å². The molecule has 0 aliphatic heterocycles. The molecule has 0 saturated heterocycles. The molecule has 0 saturated carbocycles. The number of nitrogens with one attached hydrogen (secondary N) is 1. The van der Waals surface area contributed by atoms with Crippen molar-refractivity contribution in [2.75, 3.05) is 5.32 Å². The van der Waals surface area contributed by atoms with Gasteiger partial charge >= 0.3 is 6.03 Å². The molecule has 5 nitrogen and oxygen atoms in total. The second-order valence-electron chi connectivity index (χ2n) is 2.50. The molecule has 0 spiro atoms. The second-order valence-corrected chi connectivity index (χ2v) is 2.50. The highest BCUT2D eigenvalue weighted by molar-refractivity contribution is 5.87. The van der Waals surface area contributed by atoms with E-state index in [-0.39, 0.29) is 0 Å². The van der Waals surface area contributed by atoms with Crippen molar-refractivity contribution < 1.29 is 9.63 Å². The smallest absolute Gasteiger partial charge is 0.316 e. The summed E-state index contributed by atoms with van der Waals surface area (Å²) in [5.41, 5.74) is 6.50. The number of amides is 2. The third kappa shape index (κ3) is 3.10. The van der Waals surface area contributed by atoms with Crippen molar-refractivity contribution in [3.05, 3.63) is 29.8 Å². The number of benzene rings is 1. The molecule has 0 aliphatic carbocycles. The minimum atomic E-state index is -0.581. The van der Waals surface area contributed by atoms with E-state index >= 15 is 0 Å². The lowest BCUT2D eigenvalue weighted by Crippen LogP contribution is -2.19. The molecular formula is C8H11N3O2. The van der Waals surface area contributed by atoms with Crippen LogP contribution in [0.5, 0.6) is 0 Å². The van der Waals surface area contributed by atoms with Gasteiger partial charge in [-0.25, -0.2) is 10.7 Å². The quantitative estimate of drug-likeness (QED) is 0.595. The van der Waals surface area contributed by atoms with Crippen LogP contribution >= 0.6 is 0 Å². The molecule has 13 heavy (non-hydrogen) atoms. The average Bonchev–Trinajstić information content (AvgIpc) is 2.08. The Bertz CT molecular complexity index is 284. The molecule has 1 aromatic carbocycles. The maximum Gasteiger partial charge on any atom is 0.316 e. The number of rotatable bonds is 3. The molecule has 1 aromatic rings. The van der Waals surface area contributed by atoms with Crippen molar-refractivity contribution in [1.29, 1.82) is 0 Å². The average molecular weight is 181 g/mol. The number of hydrogen-bond acceptors (Lipinski definition) is 3. The van der Waals surface area contributed by atoms with Crippen LogP contribution in [0.3, 0.4) is 0 Å². The van der Waals surface area contributed by atoms with Crippen LogP contribution in [0, 0.1) is 0 Å². The van der Waals surface area contributed by atoms with Gasteiger partial charge in [0.15, 0.2) is 0 Å². The van der Waals surface area contributed by atoms with E-state index in [9.17, 15) is 4.79 Å². The zero-order chi connectivity index (χ0) is 9.68. The summed E-state index contributed by atoms with van der Waals surface area (Å²) in [5, 5.41) is 2.44. The third-order valence-corrected chi connectivity index (χ3v) is 1.47. The zero-order valence-electron chi connectivity index (χ0n) is 6.99. The van der Waals surface area contributed by atoms with E-state index in [0.717, 1.165) is 5.56 Å². The van der Waals surface area contributed by atoms with Gasteiger partial charge in [0.25, 0.3) is 0 Å². The molecule has 5 heteroatoms. The summed E-state index contributed by atoms with van der Waals surface area (Å²) in [6.45, 7) is 0.344. The second kappa shape index (κ2) is 4.44. The highest BCUT2D eigenvalue weighted by Crippen LogP contribution is 2.09. The van der Waals surface area contributed by atoms with Crippen molar-refractivity contribution in [3.63, 3.8) is 0 Å². The van der Waals surface area contributed by atoms with Gasteiger partial charge < -0.3 is 11.1 Å². The van der Waals surface area contributed by atoms with Gasteiger partial charge in [-0.2, -0.15) is 0 Å². The lowest BCUT2D eigenvalue weighted by Gasteiger charge is -2.02. The summed E-state index contributed by atoms with van der Waals surface area (Å²) in [6.07, 6.45) is 0. The number of primary amides is 1. The predicted molar refractivity (Wildman–Crippen MR) is 48.6 cm³/mol. The van der Waals surface area contributed by atoms with Crippen LogP contribution in [-0.2, 0) is 11.4 Å². The van der Waals surface area contributed by atoms with Crippen LogP contribution in [-0.4, -0.2) is 6.03 Å². The predicted octanol–water partition coefficient (Wildman–Crippen LogP) is 0.567. The first kappa shape index (κ1) is 9.50. The highest BCUT2D eigenvalue weighted by Gasteiger charge is 1.95. The van der Waals surface area contributed by atoms with Crippen molar-refractivity contribution in [2.24, 2.45) is 11.6 Å². The van der Waals surface area contributed by atoms with Crippen LogP contribution in [0.25, 0.3) is 0 Å². The first-order valence-corrected chi connectivity index (χ1v) is 3.69. The zero-order valence-corrected chi connectivity index (χ0v) is 6.99. The highest BCUT2D eigenvalue weighted by atomic mass is 16.6. The van der Waals surface area contributed by atoms with E-state index < -0.39 is 6.03 Å². The number of hydrogen-bond donors (Lipinski definition) is 3. The van der Waals surface area contributed by atoms with E-state index in [4.69, 9.17) is 11.6 Å². The normalized spacial score (nSPS) is 9.62. The number of carbonyl (C=O) groups excluding carboxylic acids is 1. The largest absolute Gasteiger partial charge is 0.351 e. The van der Waals surface area contributed by atoms with E-state index in [2.05, 4.69) is 10.2 Å². The Morgan fingerprint density at radius 3 is 2.46 bits per heavy atom. The van der Waals surface area contributed by atoms with E-state index in [1.807, 2.05) is 0 Å². The Labute approximate surface area is 75.6 Å². The van der Waals surface area contributed by atoms with Gasteiger partial charge in [-0.1, -0.05) is 12.1 Å². The Balaban J connectivity index is 2.64. The van der Waals surface area contributed by atoms with Gasteiger partial charge in [-0.05, 0) is 17.7 Å². The van der Waals surface area contributed by atoms with Crippen molar-refractivity contribution in [2.45, 2.75) is 6.61 Å². The van der Waals surface area contributed by atoms with E-state index in [1.54, 1.807) is 24.3 Å². The summed E-state index contributed by atoms with van der Waals surface area (Å²) in [6, 6.07) is 6.44. The molecule has 0 fully saturated rings. The van der Waals surface area contributed by atoms with Gasteiger partial charge in [0.1, 0.15) is 0 Å². The fourth-order valence-electron chi connectivity index (χ4n) is 0.923. The lowest BCUT2D eigenvalue weighted by atomic mass is 10.2. The van der Waals surface area contributed by atoms with Crippen LogP contribution < -0.4 is 16.9 Å². The third-order valence-electron chi connectivity index (χ3n) is 1.47. The molecule has 0 atom stereocenters. The number of nitrogens with two attached hydrogens (primary N) is 2. The Hall–Kier alpha value is -1.59. The molecule has 0 heterocycles. The first-order valence-electron chi connectivity index (χ1n) is 3.69. The summed E-state index contributed by atoms with van der Waals surface area (Å²) < 4.78 is 0. The summed E-state index contributed by atoms with van der Waals surface area (Å²) in [7, 11) is 0. The van der Waals surface area contributed by atoms with E-state index in [1.165, 1.54) is 0 Å². The Morgan fingerprint density at radius 2 is 2.00 bits per heavy atom. The van der Waals surface area contributed by atoms with Crippen LogP contribution in [0.4, 0.5) is 10.5 Å². The molecule has 0 unspecified atom stereocenters. The molecule has 70 valence electrons. The molecule has 0 bridgehead atoms. The molecule has 0 aliphatic rings. The molecular weight excluding hydrogens is 170 g/mol. The van der Waals surface area contributed by atoms with Crippen molar-refractivity contribution in [1.82, 2.24) is 0 Å². The fourth-order valence-corrected chi connectivity index (χ4v) is 0.923. The Morgan fingerprint density at radius 1 is 1.38 bits per heavy atom. The van der Waals surface area contributed by atoms with Crippen molar-refractivity contribution >= 4 is 11.7 Å². The minimum Gasteiger partial charge on any atom is -0.351 e. The Kier molecular flexibility index (Phi) is 3.24. The summed E-state index contributed by atoms with van der Waals surface area (Å²) in [5.74, 6) is 4.89. The SMILES string of the molecule is NOCc1ccc(NC(N)=O)cc1. The monoisotopic (exact) mass is 181 g/mol. The van der Waals surface area contributed by atoms with Crippen LogP contribution in [0.1, 0.15) is 5.56 Å². The first-order chi connectivity index (χ1) is 6.22. The number of carbonyl (C=O) groups is 1. The van der Waals surface area contributed by atoms with Gasteiger partial charge in [0, 0.05) is 5.69 Å². The molecule has 1 rings (SSSR count).